The lowest BCUT2D eigenvalue weighted by atomic mass is 9.95. The number of anilines is 2. The lowest BCUT2D eigenvalue weighted by molar-refractivity contribution is -0.120. The molecule has 1 amide bonds. The van der Waals surface area contributed by atoms with E-state index in [1.165, 1.54) is 47.3 Å². The van der Waals surface area contributed by atoms with Crippen molar-refractivity contribution in [3.05, 3.63) is 46.6 Å². The van der Waals surface area contributed by atoms with Crippen molar-refractivity contribution in [3.63, 3.8) is 0 Å². The minimum Gasteiger partial charge on any atom is -0.356 e. The van der Waals surface area contributed by atoms with Crippen LogP contribution in [0.4, 0.5) is 11.5 Å². The lowest BCUT2D eigenvalue weighted by Gasteiger charge is -2.32. The van der Waals surface area contributed by atoms with Crippen LogP contribution in [0.1, 0.15) is 41.7 Å². The maximum Gasteiger partial charge on any atom is 0.227 e. The Labute approximate surface area is 200 Å². The third kappa shape index (κ3) is 4.89. The highest BCUT2D eigenvalue weighted by atomic mass is 32.1. The van der Waals surface area contributed by atoms with Gasteiger partial charge in [-0.3, -0.25) is 4.79 Å². The highest BCUT2D eigenvalue weighted by molar-refractivity contribution is 7.18. The van der Waals surface area contributed by atoms with Gasteiger partial charge < -0.3 is 15.1 Å². The molecule has 5 rings (SSSR count). The average molecular weight is 464 g/mol. The van der Waals surface area contributed by atoms with Crippen LogP contribution in [0.2, 0.25) is 0 Å². The van der Waals surface area contributed by atoms with Crippen LogP contribution >= 0.6 is 11.3 Å². The molecule has 0 bridgehead atoms. The van der Waals surface area contributed by atoms with E-state index in [4.69, 9.17) is 0 Å². The molecule has 6 nitrogen and oxygen atoms in total. The van der Waals surface area contributed by atoms with E-state index in [1.807, 2.05) is 12.1 Å². The minimum absolute atomic E-state index is 0.0405. The second kappa shape index (κ2) is 9.77. The molecule has 0 unspecified atom stereocenters. The summed E-state index contributed by atoms with van der Waals surface area (Å²) in [7, 11) is 0. The van der Waals surface area contributed by atoms with Gasteiger partial charge in [-0.15, -0.1) is 11.3 Å². The van der Waals surface area contributed by atoms with E-state index < -0.39 is 0 Å². The summed E-state index contributed by atoms with van der Waals surface area (Å²) in [5.41, 5.74) is 3.51. The number of hydrogen-bond acceptors (Lipinski definition) is 6. The maximum atomic E-state index is 12.9. The number of piperidine rings is 1. The number of carbonyl (C=O) groups is 1. The number of rotatable bonds is 6. The van der Waals surface area contributed by atoms with E-state index in [0.717, 1.165) is 55.2 Å². The highest BCUT2D eigenvalue weighted by Gasteiger charge is 2.27. The summed E-state index contributed by atoms with van der Waals surface area (Å²) < 4.78 is 0. The molecule has 0 atom stereocenters. The molecule has 2 fully saturated rings. The number of aryl methyl sites for hydroxylation is 2. The van der Waals surface area contributed by atoms with E-state index >= 15 is 0 Å². The average Bonchev–Trinajstić information content (AvgIpc) is 3.46. The minimum atomic E-state index is 0.0405. The second-order valence-corrected chi connectivity index (χ2v) is 10.6. The van der Waals surface area contributed by atoms with Gasteiger partial charge in [0.25, 0.3) is 0 Å². The molecule has 0 saturated carbocycles. The van der Waals surface area contributed by atoms with Gasteiger partial charge in [0, 0.05) is 36.1 Å². The van der Waals surface area contributed by atoms with Crippen molar-refractivity contribution in [2.45, 2.75) is 46.0 Å². The summed E-state index contributed by atoms with van der Waals surface area (Å²) in [6.07, 6.45) is 7.09. The first-order chi connectivity index (χ1) is 16.1. The Bertz CT molecular complexity index is 1110. The van der Waals surface area contributed by atoms with Crippen LogP contribution in [0.3, 0.4) is 0 Å². The molecular weight excluding hydrogens is 430 g/mol. The molecule has 3 aromatic rings. The molecule has 0 spiro atoms. The zero-order valence-electron chi connectivity index (χ0n) is 19.6. The molecule has 1 aromatic carbocycles. The van der Waals surface area contributed by atoms with Crippen molar-refractivity contribution in [2.24, 2.45) is 5.92 Å². The molecule has 0 aliphatic carbocycles. The number of nitrogens with zero attached hydrogens (tertiary/aromatic N) is 4. The largest absolute Gasteiger partial charge is 0.356 e. The molecule has 2 aromatic heterocycles. The molecule has 2 aliphatic heterocycles. The number of amides is 1. The van der Waals surface area contributed by atoms with Crippen LogP contribution in [0, 0.1) is 19.8 Å². The molecule has 33 heavy (non-hydrogen) atoms. The molecule has 174 valence electrons. The predicted molar refractivity (Wildman–Crippen MR) is 136 cm³/mol. The number of benzene rings is 1. The predicted octanol–water partition coefficient (Wildman–Crippen LogP) is 4.80. The summed E-state index contributed by atoms with van der Waals surface area (Å²) in [6, 6.07) is 8.40. The van der Waals surface area contributed by atoms with Crippen molar-refractivity contribution in [1.29, 1.82) is 0 Å². The first-order valence-electron chi connectivity index (χ1n) is 12.2. The Morgan fingerprint density at radius 3 is 2.52 bits per heavy atom. The second-order valence-electron chi connectivity index (χ2n) is 9.41. The van der Waals surface area contributed by atoms with E-state index in [9.17, 15) is 4.79 Å². The fraction of sp³-hybridized carbons (Fsp3) is 0.500. The number of nitrogens with one attached hydrogen (secondary N) is 1. The first-order valence-corrected chi connectivity index (χ1v) is 13.0. The summed E-state index contributed by atoms with van der Waals surface area (Å²) in [5.74, 6) is 1.19. The fourth-order valence-electron chi connectivity index (χ4n) is 5.05. The van der Waals surface area contributed by atoms with Gasteiger partial charge in [0.05, 0.1) is 5.39 Å². The van der Waals surface area contributed by atoms with E-state index in [2.05, 4.69) is 51.1 Å². The zero-order chi connectivity index (χ0) is 22.8. The smallest absolute Gasteiger partial charge is 0.227 e. The number of aromatic nitrogens is 2. The van der Waals surface area contributed by atoms with Gasteiger partial charge in [-0.1, -0.05) is 12.1 Å². The Morgan fingerprint density at radius 1 is 1.06 bits per heavy atom. The molecule has 4 heterocycles. The van der Waals surface area contributed by atoms with Crippen molar-refractivity contribution >= 4 is 39.0 Å². The summed E-state index contributed by atoms with van der Waals surface area (Å²) in [4.78, 5) is 29.2. The molecule has 7 heteroatoms. The van der Waals surface area contributed by atoms with Gasteiger partial charge in [0.2, 0.25) is 5.91 Å². The Balaban J connectivity index is 1.15. The third-order valence-electron chi connectivity index (χ3n) is 7.25. The van der Waals surface area contributed by atoms with E-state index in [1.54, 1.807) is 17.7 Å². The number of hydrogen-bond donors (Lipinski definition) is 1. The van der Waals surface area contributed by atoms with Crippen LogP contribution in [-0.2, 0) is 11.2 Å². The third-order valence-corrected chi connectivity index (χ3v) is 8.36. The Morgan fingerprint density at radius 2 is 1.79 bits per heavy atom. The molecule has 1 N–H and O–H groups in total. The monoisotopic (exact) mass is 463 g/mol. The fourth-order valence-corrected chi connectivity index (χ4v) is 6.04. The summed E-state index contributed by atoms with van der Waals surface area (Å²) >= 11 is 1.73. The van der Waals surface area contributed by atoms with Crippen molar-refractivity contribution in [2.75, 3.05) is 42.9 Å². The highest BCUT2D eigenvalue weighted by Crippen LogP contribution is 2.35. The molecule has 2 aliphatic rings. The standard InChI is InChI=1S/C26H33N5OS/c1-18-19(2)33-26-23(18)24(27-17-28-26)31-15-10-21(11-16-31)25(32)29-22-7-5-20(6-8-22)9-14-30-12-3-4-13-30/h5-8,17,21H,3-4,9-16H2,1-2H3,(H,29,32). The number of likely N-dealkylation sites (tertiary alicyclic amines) is 1. The van der Waals surface area contributed by atoms with Crippen LogP contribution in [0.25, 0.3) is 10.2 Å². The molecule has 0 radical (unpaired) electrons. The van der Waals surface area contributed by atoms with Gasteiger partial charge in [-0.05, 0) is 82.3 Å². The van der Waals surface area contributed by atoms with Crippen LogP contribution in [-0.4, -0.2) is 53.5 Å². The van der Waals surface area contributed by atoms with Gasteiger partial charge in [-0.25, -0.2) is 9.97 Å². The lowest BCUT2D eigenvalue weighted by Crippen LogP contribution is -2.38. The van der Waals surface area contributed by atoms with Gasteiger partial charge in [0.1, 0.15) is 17.0 Å². The Kier molecular flexibility index (Phi) is 6.60. The van der Waals surface area contributed by atoms with Crippen molar-refractivity contribution in [1.82, 2.24) is 14.9 Å². The van der Waals surface area contributed by atoms with Crippen molar-refractivity contribution < 1.29 is 4.79 Å². The van der Waals surface area contributed by atoms with Gasteiger partial charge in [0.15, 0.2) is 0 Å². The quantitative estimate of drug-likeness (QED) is 0.569. The van der Waals surface area contributed by atoms with E-state index in [0.29, 0.717) is 0 Å². The SMILES string of the molecule is Cc1sc2ncnc(N3CCC(C(=O)Nc4ccc(CCN5CCCC5)cc4)CC3)c2c1C. The molecule has 2 saturated heterocycles. The first kappa shape index (κ1) is 22.3. The van der Waals surface area contributed by atoms with Gasteiger partial charge >= 0.3 is 0 Å². The number of fused-ring (bicyclic) bond motifs is 1. The topological polar surface area (TPSA) is 61.4 Å². The Hall–Kier alpha value is -2.51. The summed E-state index contributed by atoms with van der Waals surface area (Å²) in [6.45, 7) is 9.58. The van der Waals surface area contributed by atoms with E-state index in [-0.39, 0.29) is 11.8 Å². The zero-order valence-corrected chi connectivity index (χ0v) is 20.5. The summed E-state index contributed by atoms with van der Waals surface area (Å²) in [5, 5.41) is 4.31. The van der Waals surface area contributed by atoms with Crippen molar-refractivity contribution in [3.8, 4) is 0 Å². The van der Waals surface area contributed by atoms with Crippen LogP contribution < -0.4 is 10.2 Å². The maximum absolute atomic E-state index is 12.9. The normalized spacial score (nSPS) is 17.7. The molecular formula is C26H33N5OS. The number of carbonyl (C=O) groups excluding carboxylic acids is 1. The van der Waals surface area contributed by atoms with Gasteiger partial charge in [-0.2, -0.15) is 0 Å². The van der Waals surface area contributed by atoms with Crippen LogP contribution in [0.5, 0.6) is 0 Å². The number of thiophene rings is 1. The van der Waals surface area contributed by atoms with Crippen LogP contribution in [0.15, 0.2) is 30.6 Å².